The lowest BCUT2D eigenvalue weighted by Crippen LogP contribution is -2.45. The molecule has 0 saturated heterocycles. The molecule has 0 amide bonds. The van der Waals surface area contributed by atoms with Gasteiger partial charge in [0.05, 0.1) is 19.3 Å². The molecule has 3 atom stereocenters. The van der Waals surface area contributed by atoms with Crippen LogP contribution in [0.4, 0.5) is 4.79 Å². The molecular weight excluding hydrogens is 304 g/mol. The maximum atomic E-state index is 12.4. The fourth-order valence-electron chi connectivity index (χ4n) is 2.58. The van der Waals surface area contributed by atoms with Crippen molar-refractivity contribution in [1.82, 2.24) is 0 Å². The fourth-order valence-corrected chi connectivity index (χ4v) is 2.58. The SMILES string of the molecule is COC(=O)OCC(C)OC(C)(C)C(=O)OC1CCCCC1OC. The Balaban J connectivity index is 2.50. The van der Waals surface area contributed by atoms with Gasteiger partial charge in [-0.2, -0.15) is 0 Å². The van der Waals surface area contributed by atoms with Crippen LogP contribution in [0.25, 0.3) is 0 Å². The normalized spacial score (nSPS) is 23.0. The smallest absolute Gasteiger partial charge is 0.457 e. The summed E-state index contributed by atoms with van der Waals surface area (Å²) in [6, 6.07) is 0. The van der Waals surface area contributed by atoms with E-state index in [4.69, 9.17) is 18.9 Å². The number of methoxy groups -OCH3 is 2. The molecule has 7 heteroatoms. The first-order chi connectivity index (χ1) is 10.8. The topological polar surface area (TPSA) is 80.3 Å². The Morgan fingerprint density at radius 2 is 1.74 bits per heavy atom. The van der Waals surface area contributed by atoms with E-state index in [1.807, 2.05) is 0 Å². The molecule has 1 aliphatic rings. The highest BCUT2D eigenvalue weighted by Crippen LogP contribution is 2.26. The third kappa shape index (κ3) is 6.35. The minimum Gasteiger partial charge on any atom is -0.457 e. The third-order valence-electron chi connectivity index (χ3n) is 3.79. The largest absolute Gasteiger partial charge is 0.508 e. The molecule has 0 heterocycles. The standard InChI is InChI=1S/C16H28O7/c1-11(10-21-15(18)20-5)23-16(2,3)14(17)22-13-9-7-6-8-12(13)19-4/h11-13H,6-10H2,1-5H3. The third-order valence-corrected chi connectivity index (χ3v) is 3.79. The van der Waals surface area contributed by atoms with Crippen LogP contribution < -0.4 is 0 Å². The Labute approximate surface area is 137 Å². The van der Waals surface area contributed by atoms with Crippen LogP contribution in [0, 0.1) is 0 Å². The summed E-state index contributed by atoms with van der Waals surface area (Å²) in [6.07, 6.45) is 2.21. The lowest BCUT2D eigenvalue weighted by molar-refractivity contribution is -0.189. The van der Waals surface area contributed by atoms with Gasteiger partial charge in [-0.05, 0) is 40.0 Å². The summed E-state index contributed by atoms with van der Waals surface area (Å²) in [5.74, 6) is -0.448. The maximum absolute atomic E-state index is 12.4. The molecule has 0 N–H and O–H groups in total. The Kier molecular flexibility index (Phi) is 7.78. The van der Waals surface area contributed by atoms with Crippen molar-refractivity contribution in [2.45, 2.75) is 70.4 Å². The Morgan fingerprint density at radius 1 is 1.13 bits per heavy atom. The van der Waals surface area contributed by atoms with Crippen molar-refractivity contribution in [1.29, 1.82) is 0 Å². The van der Waals surface area contributed by atoms with Gasteiger partial charge >= 0.3 is 12.1 Å². The zero-order chi connectivity index (χ0) is 17.5. The lowest BCUT2D eigenvalue weighted by Gasteiger charge is -2.33. The van der Waals surface area contributed by atoms with E-state index < -0.39 is 23.8 Å². The van der Waals surface area contributed by atoms with Crippen LogP contribution in [-0.2, 0) is 28.5 Å². The molecule has 0 aliphatic heterocycles. The summed E-state index contributed by atoms with van der Waals surface area (Å²) in [6.45, 7) is 4.97. The van der Waals surface area contributed by atoms with E-state index in [0.29, 0.717) is 0 Å². The molecule has 0 bridgehead atoms. The summed E-state index contributed by atoms with van der Waals surface area (Å²) in [5.41, 5.74) is -1.14. The van der Waals surface area contributed by atoms with Gasteiger partial charge in [-0.3, -0.25) is 0 Å². The van der Waals surface area contributed by atoms with Crippen molar-refractivity contribution in [3.8, 4) is 0 Å². The minimum atomic E-state index is -1.14. The molecular formula is C16H28O7. The van der Waals surface area contributed by atoms with Gasteiger partial charge in [-0.25, -0.2) is 9.59 Å². The Morgan fingerprint density at radius 3 is 2.30 bits per heavy atom. The van der Waals surface area contributed by atoms with Crippen molar-refractivity contribution >= 4 is 12.1 Å². The molecule has 134 valence electrons. The molecule has 1 saturated carbocycles. The van der Waals surface area contributed by atoms with E-state index in [9.17, 15) is 9.59 Å². The highest BCUT2D eigenvalue weighted by atomic mass is 16.7. The maximum Gasteiger partial charge on any atom is 0.508 e. The summed E-state index contributed by atoms with van der Waals surface area (Å²) >= 11 is 0. The van der Waals surface area contributed by atoms with Gasteiger partial charge in [-0.15, -0.1) is 0 Å². The Bertz CT molecular complexity index is 394. The van der Waals surface area contributed by atoms with Crippen molar-refractivity contribution in [3.05, 3.63) is 0 Å². The second-order valence-electron chi connectivity index (χ2n) is 6.21. The number of hydrogen-bond acceptors (Lipinski definition) is 7. The van der Waals surface area contributed by atoms with Gasteiger partial charge in [0.15, 0.2) is 5.60 Å². The summed E-state index contributed by atoms with van der Waals surface area (Å²) in [5, 5.41) is 0. The molecule has 0 aromatic heterocycles. The van der Waals surface area contributed by atoms with Crippen LogP contribution >= 0.6 is 0 Å². The average molecular weight is 332 g/mol. The van der Waals surface area contributed by atoms with E-state index in [1.54, 1.807) is 27.9 Å². The fraction of sp³-hybridized carbons (Fsp3) is 0.875. The molecule has 1 aliphatic carbocycles. The molecule has 23 heavy (non-hydrogen) atoms. The van der Waals surface area contributed by atoms with Crippen molar-refractivity contribution in [2.75, 3.05) is 20.8 Å². The number of ether oxygens (including phenoxy) is 5. The molecule has 1 fully saturated rings. The number of carbonyl (C=O) groups is 2. The average Bonchev–Trinajstić information content (AvgIpc) is 2.52. The van der Waals surface area contributed by atoms with Crippen molar-refractivity contribution in [3.63, 3.8) is 0 Å². The molecule has 0 aromatic rings. The predicted molar refractivity (Wildman–Crippen MR) is 82.1 cm³/mol. The first-order valence-corrected chi connectivity index (χ1v) is 7.92. The quantitative estimate of drug-likeness (QED) is 0.662. The van der Waals surface area contributed by atoms with Crippen LogP contribution in [0.5, 0.6) is 0 Å². The van der Waals surface area contributed by atoms with E-state index in [1.165, 1.54) is 7.11 Å². The van der Waals surface area contributed by atoms with Gasteiger partial charge in [0, 0.05) is 7.11 Å². The second kappa shape index (κ2) is 9.08. The van der Waals surface area contributed by atoms with Gasteiger partial charge < -0.3 is 23.7 Å². The minimum absolute atomic E-state index is 0.00644. The molecule has 0 aromatic carbocycles. The zero-order valence-electron chi connectivity index (χ0n) is 14.6. The first-order valence-electron chi connectivity index (χ1n) is 7.92. The highest BCUT2D eigenvalue weighted by Gasteiger charge is 2.37. The molecule has 7 nitrogen and oxygen atoms in total. The lowest BCUT2D eigenvalue weighted by atomic mass is 9.94. The second-order valence-corrected chi connectivity index (χ2v) is 6.21. The van der Waals surface area contributed by atoms with Crippen LogP contribution in [0.2, 0.25) is 0 Å². The van der Waals surface area contributed by atoms with E-state index in [0.717, 1.165) is 25.7 Å². The first kappa shape index (κ1) is 19.7. The summed E-state index contributed by atoms with van der Waals surface area (Å²) < 4.78 is 25.8. The highest BCUT2D eigenvalue weighted by molar-refractivity contribution is 5.78. The molecule has 3 unspecified atom stereocenters. The number of carbonyl (C=O) groups excluding carboxylic acids is 2. The Hall–Kier alpha value is -1.34. The monoisotopic (exact) mass is 332 g/mol. The van der Waals surface area contributed by atoms with Crippen LogP contribution in [0.3, 0.4) is 0 Å². The molecule has 0 spiro atoms. The van der Waals surface area contributed by atoms with Gasteiger partial charge in [0.2, 0.25) is 0 Å². The zero-order valence-corrected chi connectivity index (χ0v) is 14.6. The van der Waals surface area contributed by atoms with Crippen LogP contribution in [-0.4, -0.2) is 56.9 Å². The van der Waals surface area contributed by atoms with Crippen molar-refractivity contribution < 1.29 is 33.3 Å². The van der Waals surface area contributed by atoms with E-state index in [2.05, 4.69) is 4.74 Å². The van der Waals surface area contributed by atoms with Crippen molar-refractivity contribution in [2.24, 2.45) is 0 Å². The predicted octanol–water partition coefficient (Wildman–Crippen LogP) is 2.45. The van der Waals surface area contributed by atoms with E-state index >= 15 is 0 Å². The molecule has 1 rings (SSSR count). The number of hydrogen-bond donors (Lipinski definition) is 0. The van der Waals surface area contributed by atoms with E-state index in [-0.39, 0.29) is 18.8 Å². The van der Waals surface area contributed by atoms with Gasteiger partial charge in [-0.1, -0.05) is 6.42 Å². The van der Waals surface area contributed by atoms with Crippen LogP contribution in [0.1, 0.15) is 46.5 Å². The van der Waals surface area contributed by atoms with Gasteiger partial charge in [0.25, 0.3) is 0 Å². The summed E-state index contributed by atoms with van der Waals surface area (Å²) in [4.78, 5) is 23.3. The van der Waals surface area contributed by atoms with Gasteiger partial charge in [0.1, 0.15) is 12.7 Å². The number of rotatable bonds is 7. The van der Waals surface area contributed by atoms with Crippen LogP contribution in [0.15, 0.2) is 0 Å². The number of esters is 1. The molecule has 0 radical (unpaired) electrons. The summed E-state index contributed by atoms with van der Waals surface area (Å²) in [7, 11) is 2.86.